The number of anilines is 3. The summed E-state index contributed by atoms with van der Waals surface area (Å²) in [5.74, 6) is 1.67. The first-order valence-corrected chi connectivity index (χ1v) is 8.23. The zero-order valence-electron chi connectivity index (χ0n) is 14.7. The average Bonchev–Trinajstić information content (AvgIpc) is 2.66. The van der Waals surface area contributed by atoms with Gasteiger partial charge in [0.25, 0.3) is 0 Å². The zero-order chi connectivity index (χ0) is 18.4. The van der Waals surface area contributed by atoms with Gasteiger partial charge in [-0.3, -0.25) is 4.79 Å². The lowest BCUT2D eigenvalue weighted by atomic mass is 10.1. The maximum atomic E-state index is 12.2. The van der Waals surface area contributed by atoms with E-state index in [1.807, 2.05) is 55.5 Å². The van der Waals surface area contributed by atoms with Crippen LogP contribution in [0.4, 0.5) is 17.3 Å². The Morgan fingerprint density at radius 2 is 1.65 bits per heavy atom. The molecule has 3 aromatic rings. The number of carbonyl (C=O) groups excluding carboxylic acids is 1. The lowest BCUT2D eigenvalue weighted by Crippen LogP contribution is -2.16. The third-order valence-electron chi connectivity index (χ3n) is 3.91. The fourth-order valence-corrected chi connectivity index (χ4v) is 2.46. The highest BCUT2D eigenvalue weighted by atomic mass is 16.5. The van der Waals surface area contributed by atoms with E-state index in [9.17, 15) is 4.79 Å². The summed E-state index contributed by atoms with van der Waals surface area (Å²) in [7, 11) is 1.63. The van der Waals surface area contributed by atoms with E-state index < -0.39 is 0 Å². The van der Waals surface area contributed by atoms with Gasteiger partial charge in [0.2, 0.25) is 5.91 Å². The number of nitrogens with one attached hydrogen (secondary N) is 2. The van der Waals surface area contributed by atoms with Crippen LogP contribution in [0.25, 0.3) is 0 Å². The van der Waals surface area contributed by atoms with E-state index in [0.717, 1.165) is 22.6 Å². The van der Waals surface area contributed by atoms with Crippen LogP contribution in [-0.4, -0.2) is 23.2 Å². The highest BCUT2D eigenvalue weighted by molar-refractivity contribution is 5.91. The third kappa shape index (κ3) is 4.57. The van der Waals surface area contributed by atoms with Crippen molar-refractivity contribution < 1.29 is 9.53 Å². The van der Waals surface area contributed by atoms with Crippen molar-refractivity contribution in [2.24, 2.45) is 0 Å². The topological polar surface area (TPSA) is 76.1 Å². The van der Waals surface area contributed by atoms with Crippen molar-refractivity contribution in [3.05, 3.63) is 71.8 Å². The average molecular weight is 348 g/mol. The number of aromatic nitrogens is 2. The number of amides is 1. The molecule has 3 rings (SSSR count). The molecule has 1 amide bonds. The van der Waals surface area contributed by atoms with Crippen LogP contribution in [-0.2, 0) is 11.2 Å². The van der Waals surface area contributed by atoms with Crippen LogP contribution in [0.3, 0.4) is 0 Å². The fraction of sp³-hybridized carbons (Fsp3) is 0.150. The summed E-state index contributed by atoms with van der Waals surface area (Å²) in [5.41, 5.74) is 2.96. The van der Waals surface area contributed by atoms with Crippen LogP contribution < -0.4 is 15.4 Å². The monoisotopic (exact) mass is 348 g/mol. The Morgan fingerprint density at radius 1 is 0.962 bits per heavy atom. The molecule has 6 heteroatoms. The van der Waals surface area contributed by atoms with E-state index in [0.29, 0.717) is 18.1 Å². The molecular formula is C20H20N4O2. The molecule has 0 unspecified atom stereocenters. The number of benzene rings is 2. The van der Waals surface area contributed by atoms with Gasteiger partial charge in [-0.1, -0.05) is 24.3 Å². The zero-order valence-corrected chi connectivity index (χ0v) is 14.7. The second-order valence-corrected chi connectivity index (χ2v) is 5.81. The van der Waals surface area contributed by atoms with Crippen molar-refractivity contribution in [1.29, 1.82) is 0 Å². The summed E-state index contributed by atoms with van der Waals surface area (Å²) in [6.45, 7) is 1.99. The SMILES string of the molecule is COc1ccc(Nc2ccc(NC(=O)Cc3ccccc3C)nn2)cc1. The van der Waals surface area contributed by atoms with Gasteiger partial charge in [0.15, 0.2) is 11.6 Å². The van der Waals surface area contributed by atoms with E-state index in [4.69, 9.17) is 4.74 Å². The Kier molecular flexibility index (Phi) is 5.43. The van der Waals surface area contributed by atoms with Crippen LogP contribution in [0.2, 0.25) is 0 Å². The number of hydrogen-bond acceptors (Lipinski definition) is 5. The van der Waals surface area contributed by atoms with Gasteiger partial charge in [-0.15, -0.1) is 10.2 Å². The molecule has 0 bridgehead atoms. The smallest absolute Gasteiger partial charge is 0.230 e. The number of aryl methyl sites for hydroxylation is 1. The van der Waals surface area contributed by atoms with Gasteiger partial charge in [0.05, 0.1) is 13.5 Å². The highest BCUT2D eigenvalue weighted by Gasteiger charge is 2.07. The number of nitrogens with zero attached hydrogens (tertiary/aromatic N) is 2. The molecule has 132 valence electrons. The molecule has 1 heterocycles. The van der Waals surface area contributed by atoms with Crippen molar-refractivity contribution >= 4 is 23.2 Å². The van der Waals surface area contributed by atoms with Crippen molar-refractivity contribution in [2.45, 2.75) is 13.3 Å². The Hall–Kier alpha value is -3.41. The van der Waals surface area contributed by atoms with Crippen LogP contribution in [0.5, 0.6) is 5.75 Å². The quantitative estimate of drug-likeness (QED) is 0.710. The standard InChI is InChI=1S/C20H20N4O2/c1-14-5-3-4-6-15(14)13-20(25)22-19-12-11-18(23-24-19)21-16-7-9-17(26-2)10-8-16/h3-12H,13H2,1-2H3,(H,21,23)(H,22,24,25). The Balaban J connectivity index is 1.58. The number of methoxy groups -OCH3 is 1. The minimum atomic E-state index is -0.121. The predicted octanol–water partition coefficient (Wildman–Crippen LogP) is 3.72. The molecule has 0 saturated heterocycles. The number of ether oxygens (including phenoxy) is 1. The highest BCUT2D eigenvalue weighted by Crippen LogP contribution is 2.18. The number of carbonyl (C=O) groups is 1. The van der Waals surface area contributed by atoms with Crippen molar-refractivity contribution in [1.82, 2.24) is 10.2 Å². The number of hydrogen-bond donors (Lipinski definition) is 2. The fourth-order valence-electron chi connectivity index (χ4n) is 2.46. The second-order valence-electron chi connectivity index (χ2n) is 5.81. The van der Waals surface area contributed by atoms with Crippen LogP contribution in [0.1, 0.15) is 11.1 Å². The van der Waals surface area contributed by atoms with Crippen LogP contribution >= 0.6 is 0 Å². The minimum Gasteiger partial charge on any atom is -0.497 e. The first kappa shape index (κ1) is 17.4. The molecule has 26 heavy (non-hydrogen) atoms. The summed E-state index contributed by atoms with van der Waals surface area (Å²) in [6, 6.07) is 18.8. The summed E-state index contributed by atoms with van der Waals surface area (Å²) < 4.78 is 5.13. The molecule has 0 fully saturated rings. The van der Waals surface area contributed by atoms with Gasteiger partial charge in [0.1, 0.15) is 5.75 Å². The summed E-state index contributed by atoms with van der Waals surface area (Å²) in [6.07, 6.45) is 0.306. The Labute approximate surface area is 152 Å². The van der Waals surface area contributed by atoms with Crippen molar-refractivity contribution in [3.63, 3.8) is 0 Å². The summed E-state index contributed by atoms with van der Waals surface area (Å²) in [4.78, 5) is 12.2. The molecule has 0 aliphatic carbocycles. The van der Waals surface area contributed by atoms with Crippen molar-refractivity contribution in [2.75, 3.05) is 17.7 Å². The summed E-state index contributed by atoms with van der Waals surface area (Å²) >= 11 is 0. The molecular weight excluding hydrogens is 328 g/mol. The Morgan fingerprint density at radius 3 is 2.31 bits per heavy atom. The van der Waals surface area contributed by atoms with Gasteiger partial charge in [-0.05, 0) is 54.4 Å². The summed E-state index contributed by atoms with van der Waals surface area (Å²) in [5, 5.41) is 14.0. The van der Waals surface area contributed by atoms with Crippen LogP contribution in [0, 0.1) is 6.92 Å². The molecule has 2 aromatic carbocycles. The van der Waals surface area contributed by atoms with Crippen molar-refractivity contribution in [3.8, 4) is 5.75 Å². The third-order valence-corrected chi connectivity index (χ3v) is 3.91. The largest absolute Gasteiger partial charge is 0.497 e. The maximum absolute atomic E-state index is 12.2. The van der Waals surface area contributed by atoms with E-state index in [1.54, 1.807) is 19.2 Å². The van der Waals surface area contributed by atoms with Gasteiger partial charge in [0, 0.05) is 5.69 Å². The van der Waals surface area contributed by atoms with Gasteiger partial charge in [-0.2, -0.15) is 0 Å². The van der Waals surface area contributed by atoms with E-state index in [-0.39, 0.29) is 5.91 Å². The molecule has 0 atom stereocenters. The Bertz CT molecular complexity index is 877. The lowest BCUT2D eigenvalue weighted by molar-refractivity contribution is -0.115. The van der Waals surface area contributed by atoms with E-state index in [2.05, 4.69) is 20.8 Å². The molecule has 0 radical (unpaired) electrons. The van der Waals surface area contributed by atoms with Crippen LogP contribution in [0.15, 0.2) is 60.7 Å². The van der Waals surface area contributed by atoms with Gasteiger partial charge in [-0.25, -0.2) is 0 Å². The normalized spacial score (nSPS) is 10.2. The van der Waals surface area contributed by atoms with E-state index >= 15 is 0 Å². The maximum Gasteiger partial charge on any atom is 0.230 e. The first-order chi connectivity index (χ1) is 12.6. The van der Waals surface area contributed by atoms with Gasteiger partial charge >= 0.3 is 0 Å². The minimum absolute atomic E-state index is 0.121. The van der Waals surface area contributed by atoms with E-state index in [1.165, 1.54) is 0 Å². The second kappa shape index (κ2) is 8.11. The van der Waals surface area contributed by atoms with Gasteiger partial charge < -0.3 is 15.4 Å². The first-order valence-electron chi connectivity index (χ1n) is 8.23. The predicted molar refractivity (Wildman–Crippen MR) is 102 cm³/mol. The molecule has 0 aliphatic heterocycles. The number of rotatable bonds is 6. The molecule has 0 spiro atoms. The molecule has 0 saturated carbocycles. The lowest BCUT2D eigenvalue weighted by Gasteiger charge is -2.08. The molecule has 6 nitrogen and oxygen atoms in total. The molecule has 2 N–H and O–H groups in total. The molecule has 0 aliphatic rings. The molecule has 1 aromatic heterocycles.